The molecule has 7 heteroatoms. The van der Waals surface area contributed by atoms with Gasteiger partial charge in [0.2, 0.25) is 0 Å². The number of carbonyl (C=O) groups excluding carboxylic acids is 2. The predicted molar refractivity (Wildman–Crippen MR) is 111 cm³/mol. The Kier molecular flexibility index (Phi) is 5.83. The van der Waals surface area contributed by atoms with Crippen molar-refractivity contribution < 1.29 is 9.59 Å². The SMILES string of the molecule is O=C(Nc1sc2c(c1C(=O)NCC1=CCNCC1)CCCC2)c1cccnc1. The summed E-state index contributed by atoms with van der Waals surface area (Å²) in [6.45, 7) is 2.36. The highest BCUT2D eigenvalue weighted by atomic mass is 32.1. The van der Waals surface area contributed by atoms with Crippen LogP contribution in [0.3, 0.4) is 0 Å². The van der Waals surface area contributed by atoms with Gasteiger partial charge in [-0.25, -0.2) is 0 Å². The second-order valence-electron chi connectivity index (χ2n) is 7.11. The lowest BCUT2D eigenvalue weighted by Crippen LogP contribution is -2.30. The van der Waals surface area contributed by atoms with Crippen molar-refractivity contribution in [2.45, 2.75) is 32.1 Å². The third-order valence-corrected chi connectivity index (χ3v) is 6.39. The van der Waals surface area contributed by atoms with Crippen molar-refractivity contribution in [1.82, 2.24) is 15.6 Å². The third-order valence-electron chi connectivity index (χ3n) is 5.18. The van der Waals surface area contributed by atoms with Gasteiger partial charge in [-0.2, -0.15) is 0 Å². The van der Waals surface area contributed by atoms with Gasteiger partial charge in [0.1, 0.15) is 5.00 Å². The molecule has 6 nitrogen and oxygen atoms in total. The quantitative estimate of drug-likeness (QED) is 0.679. The molecule has 2 amide bonds. The van der Waals surface area contributed by atoms with E-state index in [1.165, 1.54) is 28.0 Å². The molecule has 0 saturated heterocycles. The maximum absolute atomic E-state index is 13.0. The van der Waals surface area contributed by atoms with Gasteiger partial charge in [0, 0.05) is 30.4 Å². The van der Waals surface area contributed by atoms with Gasteiger partial charge in [-0.15, -0.1) is 11.3 Å². The van der Waals surface area contributed by atoms with Crippen molar-refractivity contribution >= 4 is 28.2 Å². The summed E-state index contributed by atoms with van der Waals surface area (Å²) in [4.78, 5) is 30.9. The number of carbonyl (C=O) groups is 2. The molecular weight excluding hydrogens is 372 g/mol. The van der Waals surface area contributed by atoms with Gasteiger partial charge >= 0.3 is 0 Å². The number of nitrogens with zero attached hydrogens (tertiary/aromatic N) is 1. The number of pyridine rings is 1. The molecule has 3 N–H and O–H groups in total. The van der Waals surface area contributed by atoms with Gasteiger partial charge in [0.05, 0.1) is 11.1 Å². The molecule has 3 heterocycles. The first-order chi connectivity index (χ1) is 13.7. The molecule has 2 aromatic rings. The molecule has 0 unspecified atom stereocenters. The summed E-state index contributed by atoms with van der Waals surface area (Å²) in [7, 11) is 0. The number of fused-ring (bicyclic) bond motifs is 1. The molecule has 0 atom stereocenters. The highest BCUT2D eigenvalue weighted by Crippen LogP contribution is 2.38. The molecule has 4 rings (SSSR count). The first-order valence-electron chi connectivity index (χ1n) is 9.75. The van der Waals surface area contributed by atoms with E-state index in [0.29, 0.717) is 22.7 Å². The average Bonchev–Trinajstić information content (AvgIpc) is 3.11. The first-order valence-corrected chi connectivity index (χ1v) is 10.6. The van der Waals surface area contributed by atoms with Gasteiger partial charge in [0.15, 0.2) is 0 Å². The fraction of sp³-hybridized carbons (Fsp3) is 0.381. The summed E-state index contributed by atoms with van der Waals surface area (Å²) in [5.41, 5.74) is 3.48. The summed E-state index contributed by atoms with van der Waals surface area (Å²) < 4.78 is 0. The van der Waals surface area contributed by atoms with Crippen LogP contribution in [0.4, 0.5) is 5.00 Å². The maximum Gasteiger partial charge on any atom is 0.257 e. The van der Waals surface area contributed by atoms with Crippen molar-refractivity contribution in [3.63, 3.8) is 0 Å². The summed E-state index contributed by atoms with van der Waals surface area (Å²) in [5, 5.41) is 9.95. The van der Waals surface area contributed by atoms with Crippen LogP contribution in [0.1, 0.15) is 50.4 Å². The zero-order chi connectivity index (χ0) is 19.3. The number of rotatable bonds is 5. The zero-order valence-corrected chi connectivity index (χ0v) is 16.5. The van der Waals surface area contributed by atoms with Gasteiger partial charge in [0.25, 0.3) is 11.8 Å². The molecule has 146 valence electrons. The summed E-state index contributed by atoms with van der Waals surface area (Å²) in [6.07, 6.45) is 10.3. The van der Waals surface area contributed by atoms with Crippen molar-refractivity contribution in [2.75, 3.05) is 25.0 Å². The van der Waals surface area contributed by atoms with Crippen LogP contribution in [0.15, 0.2) is 36.2 Å². The lowest BCUT2D eigenvalue weighted by atomic mass is 9.95. The van der Waals surface area contributed by atoms with Crippen LogP contribution in [0.5, 0.6) is 0 Å². The first kappa shape index (κ1) is 18.8. The number of nitrogens with one attached hydrogen (secondary N) is 3. The Hall–Kier alpha value is -2.51. The molecule has 0 spiro atoms. The van der Waals surface area contributed by atoms with E-state index in [4.69, 9.17) is 0 Å². The Bertz CT molecular complexity index is 905. The summed E-state index contributed by atoms with van der Waals surface area (Å²) in [5.74, 6) is -0.331. The van der Waals surface area contributed by atoms with Crippen molar-refractivity contribution in [3.05, 3.63) is 57.7 Å². The minimum atomic E-state index is -0.234. The van der Waals surface area contributed by atoms with Gasteiger partial charge in [-0.05, 0) is 56.3 Å². The van der Waals surface area contributed by atoms with Crippen LogP contribution < -0.4 is 16.0 Å². The van der Waals surface area contributed by atoms with Gasteiger partial charge < -0.3 is 16.0 Å². The molecular formula is C21H24N4O2S. The molecule has 2 aromatic heterocycles. The highest BCUT2D eigenvalue weighted by molar-refractivity contribution is 7.17. The minimum Gasteiger partial charge on any atom is -0.348 e. The van der Waals surface area contributed by atoms with E-state index < -0.39 is 0 Å². The van der Waals surface area contributed by atoms with E-state index >= 15 is 0 Å². The van der Waals surface area contributed by atoms with Crippen molar-refractivity contribution in [2.24, 2.45) is 0 Å². The normalized spacial score (nSPS) is 16.1. The zero-order valence-electron chi connectivity index (χ0n) is 15.7. The number of amides is 2. The van der Waals surface area contributed by atoms with E-state index in [1.807, 2.05) is 0 Å². The summed E-state index contributed by atoms with van der Waals surface area (Å²) in [6, 6.07) is 3.45. The van der Waals surface area contributed by atoms with Crippen molar-refractivity contribution in [1.29, 1.82) is 0 Å². The van der Waals surface area contributed by atoms with E-state index in [-0.39, 0.29) is 11.8 Å². The molecule has 1 aliphatic carbocycles. The molecule has 0 radical (unpaired) electrons. The molecule has 0 fully saturated rings. The van der Waals surface area contributed by atoms with Gasteiger partial charge in [-0.1, -0.05) is 11.6 Å². The number of aryl methyl sites for hydroxylation is 1. The molecule has 2 aliphatic rings. The van der Waals surface area contributed by atoms with Crippen LogP contribution in [0, 0.1) is 0 Å². The van der Waals surface area contributed by atoms with Crippen molar-refractivity contribution in [3.8, 4) is 0 Å². The number of aromatic nitrogens is 1. The van der Waals surface area contributed by atoms with Crippen LogP contribution >= 0.6 is 11.3 Å². The molecule has 0 aromatic carbocycles. The fourth-order valence-electron chi connectivity index (χ4n) is 3.68. The second kappa shape index (κ2) is 8.67. The van der Waals surface area contributed by atoms with Crippen LogP contribution in [-0.2, 0) is 12.8 Å². The highest BCUT2D eigenvalue weighted by Gasteiger charge is 2.26. The Labute approximate surface area is 168 Å². The largest absolute Gasteiger partial charge is 0.348 e. The van der Waals surface area contributed by atoms with E-state index in [1.54, 1.807) is 18.3 Å². The number of hydrogen-bond donors (Lipinski definition) is 3. The molecule has 28 heavy (non-hydrogen) atoms. The topological polar surface area (TPSA) is 83.1 Å². The standard InChI is InChI=1S/C21H24N4O2S/c26-19(15-4-3-9-23-13-15)25-21-18(16-5-1-2-6-17(16)28-21)20(27)24-12-14-7-10-22-11-8-14/h3-4,7,9,13,22H,1-2,5-6,8,10-12H2,(H,24,27)(H,25,26). The van der Waals surface area contributed by atoms with E-state index in [9.17, 15) is 9.59 Å². The Balaban J connectivity index is 1.56. The maximum atomic E-state index is 13.0. The molecule has 1 aliphatic heterocycles. The predicted octanol–water partition coefficient (Wildman–Crippen LogP) is 2.92. The van der Waals surface area contributed by atoms with E-state index in [0.717, 1.165) is 50.8 Å². The molecule has 0 saturated carbocycles. The Morgan fingerprint density at radius 1 is 1.18 bits per heavy atom. The van der Waals surface area contributed by atoms with Crippen LogP contribution in [0.2, 0.25) is 0 Å². The monoisotopic (exact) mass is 396 g/mol. The lowest BCUT2D eigenvalue weighted by molar-refractivity contribution is 0.0956. The number of anilines is 1. The van der Waals surface area contributed by atoms with E-state index in [2.05, 4.69) is 27.0 Å². The lowest BCUT2D eigenvalue weighted by Gasteiger charge is -2.16. The fourth-order valence-corrected chi connectivity index (χ4v) is 4.96. The summed E-state index contributed by atoms with van der Waals surface area (Å²) >= 11 is 1.54. The Morgan fingerprint density at radius 2 is 2.07 bits per heavy atom. The molecule has 0 bridgehead atoms. The smallest absolute Gasteiger partial charge is 0.257 e. The average molecular weight is 397 g/mol. The second-order valence-corrected chi connectivity index (χ2v) is 8.22. The third kappa shape index (κ3) is 4.15. The minimum absolute atomic E-state index is 0.0969. The number of hydrogen-bond acceptors (Lipinski definition) is 5. The Morgan fingerprint density at radius 3 is 2.86 bits per heavy atom. The van der Waals surface area contributed by atoms with Crippen LogP contribution in [-0.4, -0.2) is 36.4 Å². The number of thiophene rings is 1. The van der Waals surface area contributed by atoms with Crippen LogP contribution in [0.25, 0.3) is 0 Å². The van der Waals surface area contributed by atoms with Gasteiger partial charge in [-0.3, -0.25) is 14.6 Å².